The molecule has 0 aromatic carbocycles. The Morgan fingerprint density at radius 3 is 2.62 bits per heavy atom. The quantitative estimate of drug-likeness (QED) is 0.480. The largest absolute Gasteiger partial charge is 0.380 e. The second-order valence-electron chi connectivity index (χ2n) is 3.66. The van der Waals surface area contributed by atoms with E-state index in [1.54, 1.807) is 0 Å². The Morgan fingerprint density at radius 2 is 2.08 bits per heavy atom. The highest BCUT2D eigenvalue weighted by atomic mass is 16.5. The minimum absolute atomic E-state index is 0.214. The summed E-state index contributed by atoms with van der Waals surface area (Å²) >= 11 is 0. The molecule has 0 aromatic rings. The van der Waals surface area contributed by atoms with Gasteiger partial charge in [-0.3, -0.25) is 5.32 Å². The van der Waals surface area contributed by atoms with Gasteiger partial charge in [0, 0.05) is 13.2 Å². The lowest BCUT2D eigenvalue weighted by molar-refractivity contribution is 0.130. The molecule has 0 rings (SSSR count). The number of hydrogen-bond acceptors (Lipinski definition) is 2. The molecule has 0 amide bonds. The molecule has 0 unspecified atom stereocenters. The molecule has 76 valence electrons. The van der Waals surface area contributed by atoms with Crippen LogP contribution < -0.4 is 5.32 Å². The Bertz CT molecular complexity index is 158. The summed E-state index contributed by atoms with van der Waals surface area (Å²) in [5.41, 5.74) is -0.214. The van der Waals surface area contributed by atoms with E-state index in [-0.39, 0.29) is 5.54 Å². The number of unbranched alkanes of at least 4 members (excludes halogenated alkanes) is 1. The molecule has 0 aromatic heterocycles. The molecule has 2 nitrogen and oxygen atoms in total. The average Bonchev–Trinajstić information content (AvgIpc) is 2.11. The first-order valence-electron chi connectivity index (χ1n) is 4.93. The summed E-state index contributed by atoms with van der Waals surface area (Å²) in [5.74, 6) is 2.68. The molecule has 0 bridgehead atoms. The standard InChI is InChI=1S/C11H21NO/c1-5-7-9-13-10-8-12-11(3,4)6-2/h2,12H,5,7-10H2,1,3-4H3. The van der Waals surface area contributed by atoms with Gasteiger partial charge in [0.15, 0.2) is 0 Å². The van der Waals surface area contributed by atoms with Crippen LogP contribution in [-0.2, 0) is 4.74 Å². The normalized spacial score (nSPS) is 11.2. The van der Waals surface area contributed by atoms with Gasteiger partial charge < -0.3 is 4.74 Å². The van der Waals surface area contributed by atoms with Crippen molar-refractivity contribution >= 4 is 0 Å². The number of nitrogens with one attached hydrogen (secondary N) is 1. The minimum atomic E-state index is -0.214. The Hall–Kier alpha value is -0.520. The highest BCUT2D eigenvalue weighted by molar-refractivity contribution is 5.07. The van der Waals surface area contributed by atoms with Gasteiger partial charge in [-0.1, -0.05) is 19.3 Å². The molecule has 0 fully saturated rings. The summed E-state index contributed by atoms with van der Waals surface area (Å²) in [6.45, 7) is 8.54. The van der Waals surface area contributed by atoms with E-state index < -0.39 is 0 Å². The summed E-state index contributed by atoms with van der Waals surface area (Å²) in [5, 5.41) is 3.22. The minimum Gasteiger partial charge on any atom is -0.380 e. The fraction of sp³-hybridized carbons (Fsp3) is 0.818. The molecule has 0 aliphatic heterocycles. The zero-order valence-electron chi connectivity index (χ0n) is 9.02. The Kier molecular flexibility index (Phi) is 6.66. The number of ether oxygens (including phenoxy) is 1. The first-order chi connectivity index (χ1) is 6.12. The van der Waals surface area contributed by atoms with Crippen LogP contribution >= 0.6 is 0 Å². The highest BCUT2D eigenvalue weighted by Crippen LogP contribution is 1.97. The lowest BCUT2D eigenvalue weighted by Gasteiger charge is -2.19. The summed E-state index contributed by atoms with van der Waals surface area (Å²) in [4.78, 5) is 0. The van der Waals surface area contributed by atoms with E-state index in [4.69, 9.17) is 11.2 Å². The van der Waals surface area contributed by atoms with Gasteiger partial charge in [0.25, 0.3) is 0 Å². The number of hydrogen-bond donors (Lipinski definition) is 1. The van der Waals surface area contributed by atoms with Crippen LogP contribution in [0.4, 0.5) is 0 Å². The molecule has 1 N–H and O–H groups in total. The van der Waals surface area contributed by atoms with Crippen molar-refractivity contribution in [3.05, 3.63) is 0 Å². The summed E-state index contributed by atoms with van der Waals surface area (Å²) < 4.78 is 5.38. The van der Waals surface area contributed by atoms with E-state index >= 15 is 0 Å². The molecular formula is C11H21NO. The average molecular weight is 183 g/mol. The monoisotopic (exact) mass is 183 g/mol. The molecule has 2 heteroatoms. The lowest BCUT2D eigenvalue weighted by atomic mass is 10.1. The zero-order chi connectivity index (χ0) is 10.2. The van der Waals surface area contributed by atoms with Crippen LogP contribution in [0.5, 0.6) is 0 Å². The zero-order valence-corrected chi connectivity index (χ0v) is 9.02. The van der Waals surface area contributed by atoms with Crippen molar-refractivity contribution in [3.8, 4) is 12.3 Å². The first-order valence-corrected chi connectivity index (χ1v) is 4.93. The van der Waals surface area contributed by atoms with Gasteiger partial charge in [-0.25, -0.2) is 0 Å². The third-order valence-electron chi connectivity index (χ3n) is 1.82. The molecule has 0 radical (unpaired) electrons. The fourth-order valence-electron chi connectivity index (χ4n) is 0.835. The molecular weight excluding hydrogens is 162 g/mol. The Balaban J connectivity index is 3.22. The lowest BCUT2D eigenvalue weighted by Crippen LogP contribution is -2.39. The highest BCUT2D eigenvalue weighted by Gasteiger charge is 2.10. The predicted molar refractivity (Wildman–Crippen MR) is 56.6 cm³/mol. The van der Waals surface area contributed by atoms with E-state index in [0.29, 0.717) is 0 Å². The predicted octanol–water partition coefficient (Wildman–Crippen LogP) is 1.80. The number of rotatable bonds is 7. The molecule has 0 saturated carbocycles. The van der Waals surface area contributed by atoms with Gasteiger partial charge in [-0.15, -0.1) is 6.42 Å². The maximum atomic E-state index is 5.38. The van der Waals surface area contributed by atoms with Crippen molar-refractivity contribution < 1.29 is 4.74 Å². The number of terminal acetylenes is 1. The summed E-state index contributed by atoms with van der Waals surface area (Å²) in [7, 11) is 0. The van der Waals surface area contributed by atoms with E-state index in [2.05, 4.69) is 18.2 Å². The van der Waals surface area contributed by atoms with Crippen LogP contribution in [0.15, 0.2) is 0 Å². The SMILES string of the molecule is C#CC(C)(C)NCCOCCCC. The van der Waals surface area contributed by atoms with Gasteiger partial charge in [-0.2, -0.15) is 0 Å². The Labute approximate surface area is 82.1 Å². The molecule has 13 heavy (non-hydrogen) atoms. The van der Waals surface area contributed by atoms with E-state index in [0.717, 1.165) is 26.2 Å². The fourth-order valence-corrected chi connectivity index (χ4v) is 0.835. The van der Waals surface area contributed by atoms with E-state index in [1.165, 1.54) is 6.42 Å². The van der Waals surface area contributed by atoms with E-state index in [1.807, 2.05) is 13.8 Å². The maximum Gasteiger partial charge on any atom is 0.0742 e. The first kappa shape index (κ1) is 12.5. The van der Waals surface area contributed by atoms with Gasteiger partial charge >= 0.3 is 0 Å². The van der Waals surface area contributed by atoms with Crippen molar-refractivity contribution in [2.45, 2.75) is 39.2 Å². The van der Waals surface area contributed by atoms with Crippen LogP contribution in [0.1, 0.15) is 33.6 Å². The van der Waals surface area contributed by atoms with Crippen LogP contribution in [0.25, 0.3) is 0 Å². The van der Waals surface area contributed by atoms with Crippen LogP contribution in [0.3, 0.4) is 0 Å². The van der Waals surface area contributed by atoms with Crippen molar-refractivity contribution in [1.29, 1.82) is 0 Å². The third-order valence-corrected chi connectivity index (χ3v) is 1.82. The van der Waals surface area contributed by atoms with Crippen molar-refractivity contribution in [3.63, 3.8) is 0 Å². The van der Waals surface area contributed by atoms with E-state index in [9.17, 15) is 0 Å². The molecule has 0 spiro atoms. The van der Waals surface area contributed by atoms with Gasteiger partial charge in [0.1, 0.15) is 0 Å². The maximum absolute atomic E-state index is 5.38. The molecule has 0 atom stereocenters. The van der Waals surface area contributed by atoms with Crippen LogP contribution in [0.2, 0.25) is 0 Å². The van der Waals surface area contributed by atoms with Crippen molar-refractivity contribution in [2.24, 2.45) is 0 Å². The molecule has 0 heterocycles. The van der Waals surface area contributed by atoms with Gasteiger partial charge in [0.05, 0.1) is 12.1 Å². The molecule has 0 saturated heterocycles. The van der Waals surface area contributed by atoms with Gasteiger partial charge in [-0.05, 0) is 20.3 Å². The second kappa shape index (κ2) is 6.94. The topological polar surface area (TPSA) is 21.3 Å². The summed E-state index contributed by atoms with van der Waals surface area (Å²) in [6.07, 6.45) is 7.64. The second-order valence-corrected chi connectivity index (χ2v) is 3.66. The Morgan fingerprint density at radius 1 is 1.38 bits per heavy atom. The molecule has 0 aliphatic rings. The summed E-state index contributed by atoms with van der Waals surface area (Å²) in [6, 6.07) is 0. The smallest absolute Gasteiger partial charge is 0.0742 e. The van der Waals surface area contributed by atoms with Crippen molar-refractivity contribution in [1.82, 2.24) is 5.32 Å². The third kappa shape index (κ3) is 7.83. The van der Waals surface area contributed by atoms with Crippen LogP contribution in [-0.4, -0.2) is 25.3 Å². The van der Waals surface area contributed by atoms with Crippen LogP contribution in [0, 0.1) is 12.3 Å². The molecule has 0 aliphatic carbocycles. The van der Waals surface area contributed by atoms with Gasteiger partial charge in [0.2, 0.25) is 0 Å². The van der Waals surface area contributed by atoms with Crippen molar-refractivity contribution in [2.75, 3.05) is 19.8 Å².